The molecular formula is C13H20N4O2. The summed E-state index contributed by atoms with van der Waals surface area (Å²) in [5.41, 5.74) is 0. The van der Waals surface area contributed by atoms with Gasteiger partial charge in [-0.1, -0.05) is 0 Å². The van der Waals surface area contributed by atoms with Gasteiger partial charge in [-0.05, 0) is 12.8 Å². The van der Waals surface area contributed by atoms with E-state index < -0.39 is 0 Å². The van der Waals surface area contributed by atoms with Gasteiger partial charge in [0.15, 0.2) is 0 Å². The van der Waals surface area contributed by atoms with Crippen molar-refractivity contribution < 1.29 is 9.47 Å². The van der Waals surface area contributed by atoms with Gasteiger partial charge in [0.2, 0.25) is 11.8 Å². The minimum atomic E-state index is 0.212. The quantitative estimate of drug-likeness (QED) is 0.847. The van der Waals surface area contributed by atoms with Gasteiger partial charge >= 0.3 is 0 Å². The topological polar surface area (TPSA) is 59.5 Å². The van der Waals surface area contributed by atoms with Crippen LogP contribution < -0.4 is 10.1 Å². The molecule has 1 saturated carbocycles. The van der Waals surface area contributed by atoms with Crippen LogP contribution in [-0.4, -0.2) is 60.4 Å². The summed E-state index contributed by atoms with van der Waals surface area (Å²) in [6, 6.07) is 2.54. The van der Waals surface area contributed by atoms with Crippen molar-refractivity contribution in [2.24, 2.45) is 0 Å². The molecule has 0 spiro atoms. The van der Waals surface area contributed by atoms with E-state index >= 15 is 0 Å². The Morgan fingerprint density at radius 1 is 1.53 bits per heavy atom. The highest BCUT2D eigenvalue weighted by molar-refractivity contribution is 5.27. The van der Waals surface area contributed by atoms with Crippen LogP contribution in [0.3, 0.4) is 0 Å². The Morgan fingerprint density at radius 2 is 2.42 bits per heavy atom. The first kappa shape index (κ1) is 12.6. The molecule has 6 nitrogen and oxygen atoms in total. The van der Waals surface area contributed by atoms with Crippen LogP contribution in [0, 0.1) is 0 Å². The molecule has 1 aromatic heterocycles. The second-order valence-corrected chi connectivity index (χ2v) is 5.02. The van der Waals surface area contributed by atoms with Crippen molar-refractivity contribution in [3.63, 3.8) is 0 Å². The number of methoxy groups -OCH3 is 1. The molecule has 0 aromatic carbocycles. The Balaban J connectivity index is 1.50. The largest absolute Gasteiger partial charge is 0.481 e. The predicted octanol–water partition coefficient (Wildman–Crippen LogP) is 0.760. The average molecular weight is 264 g/mol. The molecule has 1 saturated heterocycles. The first-order chi connectivity index (χ1) is 9.35. The Labute approximate surface area is 113 Å². The van der Waals surface area contributed by atoms with Gasteiger partial charge in [0.05, 0.1) is 19.8 Å². The number of anilines is 1. The lowest BCUT2D eigenvalue weighted by Crippen LogP contribution is -2.46. The molecule has 2 heterocycles. The lowest BCUT2D eigenvalue weighted by atomic mass is 10.2. The summed E-state index contributed by atoms with van der Waals surface area (Å²) in [7, 11) is 1.60. The van der Waals surface area contributed by atoms with E-state index in [1.165, 1.54) is 12.8 Å². The minimum Gasteiger partial charge on any atom is -0.481 e. The third kappa shape index (κ3) is 3.33. The van der Waals surface area contributed by atoms with Gasteiger partial charge in [0.1, 0.15) is 0 Å². The van der Waals surface area contributed by atoms with E-state index in [2.05, 4.69) is 20.2 Å². The summed E-state index contributed by atoms with van der Waals surface area (Å²) < 4.78 is 10.8. The molecular weight excluding hydrogens is 244 g/mol. The molecule has 1 aromatic rings. The summed E-state index contributed by atoms with van der Waals surface area (Å²) in [6.45, 7) is 3.62. The highest BCUT2D eigenvalue weighted by atomic mass is 16.5. The molecule has 1 aliphatic carbocycles. The molecule has 3 rings (SSSR count). The zero-order valence-electron chi connectivity index (χ0n) is 11.2. The van der Waals surface area contributed by atoms with E-state index in [1.807, 2.05) is 0 Å². The second-order valence-electron chi connectivity index (χ2n) is 5.02. The normalized spacial score (nSPS) is 24.2. The molecule has 0 unspecified atom stereocenters. The molecule has 6 heteroatoms. The van der Waals surface area contributed by atoms with Crippen molar-refractivity contribution in [2.45, 2.75) is 25.0 Å². The number of nitrogens with zero attached hydrogens (tertiary/aromatic N) is 3. The molecule has 104 valence electrons. The summed E-state index contributed by atoms with van der Waals surface area (Å²) in [5.74, 6) is 1.16. The third-order valence-corrected chi connectivity index (χ3v) is 3.56. The zero-order valence-corrected chi connectivity index (χ0v) is 11.2. The van der Waals surface area contributed by atoms with Gasteiger partial charge in [-0.15, -0.1) is 0 Å². The van der Waals surface area contributed by atoms with E-state index in [0.29, 0.717) is 11.8 Å². The number of hydrogen-bond donors (Lipinski definition) is 1. The molecule has 0 radical (unpaired) electrons. The standard InChI is InChI=1S/C13H20N4O2/c1-18-12-4-5-14-13(16-12)15-8-11-9-17(6-7-19-11)10-2-3-10/h4-5,10-11H,2-3,6-9H2,1H3,(H,14,15,16)/t11-/m0/s1. The van der Waals surface area contributed by atoms with E-state index in [9.17, 15) is 0 Å². The van der Waals surface area contributed by atoms with Crippen LogP contribution >= 0.6 is 0 Å². The molecule has 2 fully saturated rings. The van der Waals surface area contributed by atoms with Crippen LogP contribution in [0.15, 0.2) is 12.3 Å². The maximum absolute atomic E-state index is 5.77. The van der Waals surface area contributed by atoms with E-state index in [-0.39, 0.29) is 6.10 Å². The molecule has 2 aliphatic rings. The van der Waals surface area contributed by atoms with Gasteiger partial charge in [-0.3, -0.25) is 4.90 Å². The van der Waals surface area contributed by atoms with Gasteiger partial charge in [0.25, 0.3) is 0 Å². The second kappa shape index (κ2) is 5.71. The smallest absolute Gasteiger partial charge is 0.226 e. The highest BCUT2D eigenvalue weighted by Crippen LogP contribution is 2.28. The van der Waals surface area contributed by atoms with Gasteiger partial charge in [-0.25, -0.2) is 4.98 Å². The molecule has 0 bridgehead atoms. The summed E-state index contributed by atoms with van der Waals surface area (Å²) in [4.78, 5) is 10.9. The average Bonchev–Trinajstić information content (AvgIpc) is 3.30. The Bertz CT molecular complexity index is 425. The van der Waals surface area contributed by atoms with Crippen molar-refractivity contribution in [1.29, 1.82) is 0 Å². The van der Waals surface area contributed by atoms with Crippen LogP contribution in [0.4, 0.5) is 5.95 Å². The van der Waals surface area contributed by atoms with Gasteiger partial charge in [-0.2, -0.15) is 4.98 Å². The number of morpholine rings is 1. The zero-order chi connectivity index (χ0) is 13.1. The summed E-state index contributed by atoms with van der Waals surface area (Å²) >= 11 is 0. The van der Waals surface area contributed by atoms with Gasteiger partial charge in [0, 0.05) is 37.9 Å². The fourth-order valence-electron chi connectivity index (χ4n) is 2.38. The van der Waals surface area contributed by atoms with Crippen LogP contribution in [0.25, 0.3) is 0 Å². The van der Waals surface area contributed by atoms with Crippen molar-refractivity contribution in [3.8, 4) is 5.88 Å². The van der Waals surface area contributed by atoms with Crippen LogP contribution in [0.2, 0.25) is 0 Å². The van der Waals surface area contributed by atoms with Crippen molar-refractivity contribution >= 4 is 5.95 Å². The van der Waals surface area contributed by atoms with Crippen LogP contribution in [0.5, 0.6) is 5.88 Å². The molecule has 1 N–H and O–H groups in total. The summed E-state index contributed by atoms with van der Waals surface area (Å²) in [5, 5.41) is 3.22. The SMILES string of the molecule is COc1ccnc(NC[C@H]2CN(C3CC3)CCO2)n1. The van der Waals surface area contributed by atoms with E-state index in [0.717, 1.165) is 32.3 Å². The summed E-state index contributed by atoms with van der Waals surface area (Å²) in [6.07, 6.45) is 4.59. The fourth-order valence-corrected chi connectivity index (χ4v) is 2.38. The van der Waals surface area contributed by atoms with Crippen molar-refractivity contribution in [3.05, 3.63) is 12.3 Å². The first-order valence-electron chi connectivity index (χ1n) is 6.81. The predicted molar refractivity (Wildman–Crippen MR) is 71.4 cm³/mol. The number of rotatable bonds is 5. The monoisotopic (exact) mass is 264 g/mol. The van der Waals surface area contributed by atoms with Gasteiger partial charge < -0.3 is 14.8 Å². The Kier molecular flexibility index (Phi) is 3.79. The maximum atomic E-state index is 5.77. The van der Waals surface area contributed by atoms with Crippen molar-refractivity contribution in [1.82, 2.24) is 14.9 Å². The highest BCUT2D eigenvalue weighted by Gasteiger charge is 2.32. The molecule has 0 amide bonds. The fraction of sp³-hybridized carbons (Fsp3) is 0.692. The number of nitrogens with one attached hydrogen (secondary N) is 1. The lowest BCUT2D eigenvalue weighted by molar-refractivity contribution is -0.0242. The number of aromatic nitrogens is 2. The molecule has 1 atom stereocenters. The van der Waals surface area contributed by atoms with E-state index in [1.54, 1.807) is 19.4 Å². The number of hydrogen-bond acceptors (Lipinski definition) is 6. The van der Waals surface area contributed by atoms with Crippen molar-refractivity contribution in [2.75, 3.05) is 38.7 Å². The third-order valence-electron chi connectivity index (χ3n) is 3.56. The minimum absolute atomic E-state index is 0.212. The lowest BCUT2D eigenvalue weighted by Gasteiger charge is -2.33. The van der Waals surface area contributed by atoms with Crippen LogP contribution in [-0.2, 0) is 4.74 Å². The van der Waals surface area contributed by atoms with E-state index in [4.69, 9.17) is 9.47 Å². The number of ether oxygens (including phenoxy) is 2. The van der Waals surface area contributed by atoms with Crippen LogP contribution in [0.1, 0.15) is 12.8 Å². The first-order valence-corrected chi connectivity index (χ1v) is 6.81. The Morgan fingerprint density at radius 3 is 3.21 bits per heavy atom. The molecule has 1 aliphatic heterocycles. The Hall–Kier alpha value is -1.40. The molecule has 19 heavy (non-hydrogen) atoms. The maximum Gasteiger partial charge on any atom is 0.226 e.